The number of nitrogens with zero attached hydrogens (tertiary/aromatic N) is 5. The Hall–Kier alpha value is -2.64. The van der Waals surface area contributed by atoms with Gasteiger partial charge in [0.05, 0.1) is 35.4 Å². The number of unbranched alkanes of at least 4 members (excludes halogenated alkanes) is 1. The van der Waals surface area contributed by atoms with Crippen molar-refractivity contribution in [3.8, 4) is 17.1 Å². The third-order valence-corrected chi connectivity index (χ3v) is 5.57. The number of carbonyl (C=O) groups excluding carboxylic acids is 1. The first-order chi connectivity index (χ1) is 14.5. The predicted molar refractivity (Wildman–Crippen MR) is 114 cm³/mol. The quantitative estimate of drug-likeness (QED) is 0.640. The van der Waals surface area contributed by atoms with Crippen LogP contribution in [0.5, 0.6) is 5.75 Å². The van der Waals surface area contributed by atoms with Gasteiger partial charge in [-0.3, -0.25) is 4.68 Å². The minimum atomic E-state index is -0.344. The van der Waals surface area contributed by atoms with Gasteiger partial charge in [0.25, 0.3) is 0 Å². The molecule has 2 aromatic rings. The van der Waals surface area contributed by atoms with E-state index in [0.29, 0.717) is 12.4 Å². The summed E-state index contributed by atoms with van der Waals surface area (Å²) in [6.07, 6.45) is 11.2. The van der Waals surface area contributed by atoms with E-state index in [-0.39, 0.29) is 18.8 Å². The van der Waals surface area contributed by atoms with Gasteiger partial charge in [-0.15, -0.1) is 0 Å². The number of ether oxygens (including phenoxy) is 2. The molecule has 8 heteroatoms. The number of hydrogen-bond acceptors (Lipinski definition) is 6. The summed E-state index contributed by atoms with van der Waals surface area (Å²) in [6.45, 7) is 4.82. The molecule has 2 heterocycles. The lowest BCUT2D eigenvalue weighted by Gasteiger charge is -2.23. The summed E-state index contributed by atoms with van der Waals surface area (Å²) in [4.78, 5) is 23.0. The Balaban J connectivity index is 1.69. The van der Waals surface area contributed by atoms with Crippen LogP contribution in [0.4, 0.5) is 4.79 Å². The van der Waals surface area contributed by atoms with Gasteiger partial charge in [-0.2, -0.15) is 5.10 Å². The Labute approximate surface area is 178 Å². The number of amides is 1. The predicted octanol–water partition coefficient (Wildman–Crippen LogP) is 4.27. The minimum absolute atomic E-state index is 0.115. The zero-order valence-corrected chi connectivity index (χ0v) is 18.6. The largest absolute Gasteiger partial charge is 0.487 e. The molecule has 0 radical (unpaired) electrons. The Kier molecular flexibility index (Phi) is 7.65. The van der Waals surface area contributed by atoms with E-state index in [1.807, 2.05) is 14.0 Å². The molecule has 30 heavy (non-hydrogen) atoms. The molecular weight excluding hydrogens is 382 g/mol. The molecule has 0 atom stereocenters. The van der Waals surface area contributed by atoms with Gasteiger partial charge in [0.15, 0.2) is 11.6 Å². The van der Waals surface area contributed by atoms with Gasteiger partial charge in [0, 0.05) is 20.6 Å². The van der Waals surface area contributed by atoms with Crippen molar-refractivity contribution in [1.82, 2.24) is 24.6 Å². The Bertz CT molecular complexity index is 845. The molecule has 0 unspecified atom stereocenters. The molecule has 8 nitrogen and oxygen atoms in total. The molecule has 0 aromatic carbocycles. The maximum absolute atomic E-state index is 12.2. The second kappa shape index (κ2) is 10.4. The van der Waals surface area contributed by atoms with Crippen LogP contribution in [-0.4, -0.2) is 50.4 Å². The second-order valence-electron chi connectivity index (χ2n) is 7.98. The van der Waals surface area contributed by atoms with E-state index in [9.17, 15) is 4.79 Å². The van der Waals surface area contributed by atoms with Crippen molar-refractivity contribution < 1.29 is 14.3 Å². The fourth-order valence-electron chi connectivity index (χ4n) is 3.61. The summed E-state index contributed by atoms with van der Waals surface area (Å²) in [6, 6.07) is 0. The number of hydrogen-bond donors (Lipinski definition) is 0. The third kappa shape index (κ3) is 5.49. The van der Waals surface area contributed by atoms with Crippen LogP contribution in [-0.2, 0) is 18.4 Å². The van der Waals surface area contributed by atoms with Crippen LogP contribution >= 0.6 is 0 Å². The number of rotatable bonds is 8. The first kappa shape index (κ1) is 22.1. The van der Waals surface area contributed by atoms with E-state index in [2.05, 4.69) is 22.0 Å². The third-order valence-electron chi connectivity index (χ3n) is 5.57. The van der Waals surface area contributed by atoms with Gasteiger partial charge in [0.2, 0.25) is 0 Å². The molecule has 0 saturated heterocycles. The molecule has 1 aliphatic carbocycles. The molecule has 1 fully saturated rings. The number of carbonyl (C=O) groups is 1. The topological polar surface area (TPSA) is 82.4 Å². The average molecular weight is 416 g/mol. The van der Waals surface area contributed by atoms with Crippen molar-refractivity contribution >= 4 is 6.09 Å². The van der Waals surface area contributed by atoms with Gasteiger partial charge in [-0.05, 0) is 39.0 Å². The van der Waals surface area contributed by atoms with Crippen molar-refractivity contribution in [2.75, 3.05) is 13.6 Å². The lowest BCUT2D eigenvalue weighted by molar-refractivity contribution is 0.102. The summed E-state index contributed by atoms with van der Waals surface area (Å²) in [5.41, 5.74) is 2.32. The van der Waals surface area contributed by atoms with Crippen LogP contribution in [0.2, 0.25) is 0 Å². The molecule has 1 aliphatic rings. The molecule has 3 rings (SSSR count). The first-order valence-electron chi connectivity index (χ1n) is 10.9. The van der Waals surface area contributed by atoms with Gasteiger partial charge >= 0.3 is 6.09 Å². The maximum atomic E-state index is 12.2. The Morgan fingerprint density at radius 3 is 2.73 bits per heavy atom. The minimum Gasteiger partial charge on any atom is -0.487 e. The van der Waals surface area contributed by atoms with Crippen molar-refractivity contribution in [2.24, 2.45) is 7.05 Å². The number of aromatic nitrogens is 4. The van der Waals surface area contributed by atoms with Gasteiger partial charge in [-0.1, -0.05) is 19.8 Å². The van der Waals surface area contributed by atoms with Crippen LogP contribution in [0.25, 0.3) is 11.4 Å². The van der Waals surface area contributed by atoms with Crippen LogP contribution < -0.4 is 4.74 Å². The van der Waals surface area contributed by atoms with E-state index in [1.54, 1.807) is 29.0 Å². The van der Waals surface area contributed by atoms with Crippen LogP contribution in [0, 0.1) is 6.92 Å². The molecule has 0 bridgehead atoms. The Morgan fingerprint density at radius 1 is 1.27 bits per heavy atom. The normalized spacial score (nSPS) is 14.5. The molecule has 0 aliphatic heterocycles. The molecule has 1 amide bonds. The lowest BCUT2D eigenvalue weighted by atomic mass is 9.98. The summed E-state index contributed by atoms with van der Waals surface area (Å²) >= 11 is 0. The van der Waals surface area contributed by atoms with E-state index in [0.717, 1.165) is 48.4 Å². The molecule has 0 spiro atoms. The van der Waals surface area contributed by atoms with Crippen molar-refractivity contribution in [3.63, 3.8) is 0 Å². The van der Waals surface area contributed by atoms with Crippen LogP contribution in [0.3, 0.4) is 0 Å². The monoisotopic (exact) mass is 415 g/mol. The highest BCUT2D eigenvalue weighted by Crippen LogP contribution is 2.27. The molecular formula is C22H33N5O3. The highest BCUT2D eigenvalue weighted by atomic mass is 16.6. The SMILES string of the molecule is CCCCN(C)C(=O)OCc1c(-c2ncc(OC3CCCCC3)c(C)n2)cnn1C. The van der Waals surface area contributed by atoms with E-state index in [4.69, 9.17) is 9.47 Å². The standard InChI is InChI=1S/C22H33N5O3/c1-5-6-12-26(3)22(28)29-15-19-18(13-24-27(19)4)21-23-14-20(16(2)25-21)30-17-10-8-7-9-11-17/h13-14,17H,5-12,15H2,1-4H3. The highest BCUT2D eigenvalue weighted by molar-refractivity contribution is 5.67. The van der Waals surface area contributed by atoms with Gasteiger partial charge in [-0.25, -0.2) is 14.8 Å². The van der Waals surface area contributed by atoms with Crippen LogP contribution in [0.1, 0.15) is 63.3 Å². The van der Waals surface area contributed by atoms with Crippen molar-refractivity contribution in [3.05, 3.63) is 23.8 Å². The summed E-state index contributed by atoms with van der Waals surface area (Å²) in [5.74, 6) is 1.29. The highest BCUT2D eigenvalue weighted by Gasteiger charge is 2.20. The van der Waals surface area contributed by atoms with E-state index >= 15 is 0 Å². The fraction of sp³-hybridized carbons (Fsp3) is 0.636. The summed E-state index contributed by atoms with van der Waals surface area (Å²) < 4.78 is 13.3. The van der Waals surface area contributed by atoms with Gasteiger partial charge < -0.3 is 14.4 Å². The second-order valence-corrected chi connectivity index (χ2v) is 7.98. The molecule has 164 valence electrons. The summed E-state index contributed by atoms with van der Waals surface area (Å²) in [7, 11) is 3.57. The number of aryl methyl sites for hydroxylation is 2. The molecule has 1 saturated carbocycles. The summed E-state index contributed by atoms with van der Waals surface area (Å²) in [5, 5.41) is 4.31. The molecule has 2 aromatic heterocycles. The maximum Gasteiger partial charge on any atom is 0.409 e. The van der Waals surface area contributed by atoms with E-state index < -0.39 is 0 Å². The smallest absolute Gasteiger partial charge is 0.409 e. The van der Waals surface area contributed by atoms with E-state index in [1.165, 1.54) is 19.3 Å². The zero-order valence-electron chi connectivity index (χ0n) is 18.6. The lowest BCUT2D eigenvalue weighted by Crippen LogP contribution is -2.28. The van der Waals surface area contributed by atoms with Crippen LogP contribution in [0.15, 0.2) is 12.4 Å². The zero-order chi connectivity index (χ0) is 21.5. The fourth-order valence-corrected chi connectivity index (χ4v) is 3.61. The van der Waals surface area contributed by atoms with Crippen molar-refractivity contribution in [1.29, 1.82) is 0 Å². The van der Waals surface area contributed by atoms with Crippen molar-refractivity contribution in [2.45, 2.75) is 71.5 Å². The molecule has 0 N–H and O–H groups in total. The average Bonchev–Trinajstić information content (AvgIpc) is 3.12. The Morgan fingerprint density at radius 2 is 2.03 bits per heavy atom. The first-order valence-corrected chi connectivity index (χ1v) is 10.9. The van der Waals surface area contributed by atoms with Gasteiger partial charge in [0.1, 0.15) is 6.61 Å².